The topological polar surface area (TPSA) is 20.2 Å². The summed E-state index contributed by atoms with van der Waals surface area (Å²) in [7, 11) is 0. The molecular formula is C16H13BrOS. The molecule has 0 spiro atoms. The van der Waals surface area contributed by atoms with Gasteiger partial charge in [-0.2, -0.15) is 0 Å². The molecule has 0 amide bonds. The zero-order valence-electron chi connectivity index (χ0n) is 10.4. The van der Waals surface area contributed by atoms with E-state index in [1.54, 1.807) is 11.3 Å². The Hall–Kier alpha value is -1.16. The van der Waals surface area contributed by atoms with Gasteiger partial charge in [0.1, 0.15) is 6.10 Å². The summed E-state index contributed by atoms with van der Waals surface area (Å²) in [4.78, 5) is 0. The van der Waals surface area contributed by atoms with Gasteiger partial charge in [0.25, 0.3) is 0 Å². The van der Waals surface area contributed by atoms with Gasteiger partial charge >= 0.3 is 0 Å². The lowest BCUT2D eigenvalue weighted by Gasteiger charge is -2.10. The van der Waals surface area contributed by atoms with Gasteiger partial charge in [-0.25, -0.2) is 0 Å². The highest BCUT2D eigenvalue weighted by Crippen LogP contribution is 2.37. The number of hydrogen-bond donors (Lipinski definition) is 1. The fourth-order valence-electron chi connectivity index (χ4n) is 2.18. The van der Waals surface area contributed by atoms with Crippen molar-refractivity contribution in [2.24, 2.45) is 0 Å². The lowest BCUT2D eigenvalue weighted by Crippen LogP contribution is -1.98. The van der Waals surface area contributed by atoms with Crippen molar-refractivity contribution >= 4 is 37.4 Å². The van der Waals surface area contributed by atoms with E-state index in [0.717, 1.165) is 21.0 Å². The summed E-state index contributed by atoms with van der Waals surface area (Å²) in [6, 6.07) is 14.1. The number of aryl methyl sites for hydroxylation is 1. The second-order valence-corrected chi connectivity index (χ2v) is 6.35. The van der Waals surface area contributed by atoms with E-state index in [1.165, 1.54) is 10.3 Å². The molecule has 0 saturated carbocycles. The highest BCUT2D eigenvalue weighted by molar-refractivity contribution is 9.10. The summed E-state index contributed by atoms with van der Waals surface area (Å²) < 4.78 is 2.26. The maximum absolute atomic E-state index is 10.6. The van der Waals surface area contributed by atoms with Crippen LogP contribution in [0.5, 0.6) is 0 Å². The molecule has 19 heavy (non-hydrogen) atoms. The molecule has 0 radical (unpaired) electrons. The van der Waals surface area contributed by atoms with Crippen LogP contribution < -0.4 is 0 Å². The van der Waals surface area contributed by atoms with E-state index < -0.39 is 6.10 Å². The van der Waals surface area contributed by atoms with Crippen LogP contribution in [0, 0.1) is 6.92 Å². The fraction of sp³-hybridized carbons (Fsp3) is 0.125. The van der Waals surface area contributed by atoms with Crippen molar-refractivity contribution in [2.75, 3.05) is 0 Å². The number of rotatable bonds is 2. The van der Waals surface area contributed by atoms with Gasteiger partial charge in [-0.3, -0.25) is 0 Å². The first-order chi connectivity index (χ1) is 9.16. The summed E-state index contributed by atoms with van der Waals surface area (Å²) in [5, 5.41) is 13.7. The molecule has 3 aromatic rings. The molecule has 1 N–H and O–H groups in total. The maximum Gasteiger partial charge on any atom is 0.105 e. The molecule has 0 fully saturated rings. The second-order valence-electron chi connectivity index (χ2n) is 4.62. The van der Waals surface area contributed by atoms with E-state index in [1.807, 2.05) is 48.7 Å². The van der Waals surface area contributed by atoms with Crippen molar-refractivity contribution in [3.63, 3.8) is 0 Å². The van der Waals surface area contributed by atoms with Crippen LogP contribution in [0.1, 0.15) is 22.8 Å². The van der Waals surface area contributed by atoms with Gasteiger partial charge in [0.15, 0.2) is 0 Å². The van der Waals surface area contributed by atoms with Crippen molar-refractivity contribution in [1.82, 2.24) is 0 Å². The number of hydrogen-bond acceptors (Lipinski definition) is 2. The summed E-state index contributed by atoms with van der Waals surface area (Å²) in [6.07, 6.45) is -0.566. The Kier molecular flexibility index (Phi) is 3.44. The van der Waals surface area contributed by atoms with Crippen LogP contribution >= 0.6 is 27.3 Å². The summed E-state index contributed by atoms with van der Waals surface area (Å²) >= 11 is 5.21. The van der Waals surface area contributed by atoms with E-state index in [0.29, 0.717) is 0 Å². The lowest BCUT2D eigenvalue weighted by atomic mass is 10.0. The molecule has 3 rings (SSSR count). The SMILES string of the molecule is Cc1ccc(C(O)c2csc3c(Br)cccc23)cc1. The van der Waals surface area contributed by atoms with E-state index in [9.17, 15) is 5.11 Å². The minimum atomic E-state index is -0.566. The average molecular weight is 333 g/mol. The highest BCUT2D eigenvalue weighted by atomic mass is 79.9. The van der Waals surface area contributed by atoms with Crippen LogP contribution in [0.15, 0.2) is 52.3 Å². The lowest BCUT2D eigenvalue weighted by molar-refractivity contribution is 0.222. The standard InChI is InChI=1S/C16H13BrOS/c1-10-5-7-11(8-6-10)15(18)13-9-19-16-12(13)3-2-4-14(16)17/h2-9,15,18H,1H3. The van der Waals surface area contributed by atoms with Crippen molar-refractivity contribution in [3.8, 4) is 0 Å². The minimum absolute atomic E-state index is 0.566. The van der Waals surface area contributed by atoms with Gasteiger partial charge in [-0.15, -0.1) is 11.3 Å². The Balaban J connectivity index is 2.09. The molecule has 0 aliphatic rings. The molecule has 2 aromatic carbocycles. The third kappa shape index (κ3) is 2.34. The smallest absolute Gasteiger partial charge is 0.105 e. The number of aliphatic hydroxyl groups is 1. The molecule has 1 atom stereocenters. The number of fused-ring (bicyclic) bond motifs is 1. The molecule has 1 nitrogen and oxygen atoms in total. The Bertz CT molecular complexity index is 715. The van der Waals surface area contributed by atoms with Crippen LogP contribution in [-0.2, 0) is 0 Å². The quantitative estimate of drug-likeness (QED) is 0.695. The van der Waals surface area contributed by atoms with Crippen LogP contribution in [0.25, 0.3) is 10.1 Å². The number of benzene rings is 2. The molecule has 1 aromatic heterocycles. The maximum atomic E-state index is 10.6. The van der Waals surface area contributed by atoms with Crippen molar-refractivity contribution in [2.45, 2.75) is 13.0 Å². The summed E-state index contributed by atoms with van der Waals surface area (Å²) in [5.41, 5.74) is 3.12. The highest BCUT2D eigenvalue weighted by Gasteiger charge is 2.15. The predicted octanol–water partition coefficient (Wildman–Crippen LogP) is 5.05. The molecule has 0 aliphatic carbocycles. The van der Waals surface area contributed by atoms with Crippen LogP contribution in [0.3, 0.4) is 0 Å². The van der Waals surface area contributed by atoms with Crippen LogP contribution in [0.2, 0.25) is 0 Å². The van der Waals surface area contributed by atoms with Crippen molar-refractivity contribution in [1.29, 1.82) is 0 Å². The first-order valence-corrected chi connectivity index (χ1v) is 7.74. The zero-order chi connectivity index (χ0) is 13.4. The third-order valence-electron chi connectivity index (χ3n) is 3.27. The predicted molar refractivity (Wildman–Crippen MR) is 84.8 cm³/mol. The van der Waals surface area contributed by atoms with Gasteiger partial charge in [0, 0.05) is 14.7 Å². The first-order valence-electron chi connectivity index (χ1n) is 6.07. The summed E-state index contributed by atoms with van der Waals surface area (Å²) in [5.74, 6) is 0. The fourth-order valence-corrected chi connectivity index (χ4v) is 3.82. The number of aliphatic hydroxyl groups excluding tert-OH is 1. The second kappa shape index (κ2) is 5.08. The summed E-state index contributed by atoms with van der Waals surface area (Å²) in [6.45, 7) is 2.05. The normalized spacial score (nSPS) is 12.8. The average Bonchev–Trinajstić information content (AvgIpc) is 2.84. The Labute approximate surface area is 124 Å². The molecule has 96 valence electrons. The van der Waals surface area contributed by atoms with Crippen molar-refractivity contribution < 1.29 is 5.11 Å². The van der Waals surface area contributed by atoms with E-state index >= 15 is 0 Å². The number of thiophene rings is 1. The van der Waals surface area contributed by atoms with E-state index in [-0.39, 0.29) is 0 Å². The molecule has 0 saturated heterocycles. The van der Waals surface area contributed by atoms with E-state index in [4.69, 9.17) is 0 Å². The van der Waals surface area contributed by atoms with Gasteiger partial charge in [-0.1, -0.05) is 42.0 Å². The van der Waals surface area contributed by atoms with Gasteiger partial charge < -0.3 is 5.11 Å². The number of halogens is 1. The third-order valence-corrected chi connectivity index (χ3v) is 5.24. The minimum Gasteiger partial charge on any atom is -0.384 e. The van der Waals surface area contributed by atoms with Crippen molar-refractivity contribution in [3.05, 3.63) is 69.0 Å². The van der Waals surface area contributed by atoms with Gasteiger partial charge in [-0.05, 0) is 45.2 Å². The zero-order valence-corrected chi connectivity index (χ0v) is 12.8. The van der Waals surface area contributed by atoms with Gasteiger partial charge in [0.2, 0.25) is 0 Å². The largest absolute Gasteiger partial charge is 0.384 e. The van der Waals surface area contributed by atoms with Crippen LogP contribution in [0.4, 0.5) is 0 Å². The monoisotopic (exact) mass is 332 g/mol. The Morgan fingerprint density at radius 2 is 1.84 bits per heavy atom. The molecule has 0 aliphatic heterocycles. The van der Waals surface area contributed by atoms with Crippen LogP contribution in [-0.4, -0.2) is 5.11 Å². The Morgan fingerprint density at radius 3 is 2.58 bits per heavy atom. The molecule has 1 unspecified atom stereocenters. The van der Waals surface area contributed by atoms with Gasteiger partial charge in [0.05, 0.1) is 0 Å². The first kappa shape index (κ1) is 12.9. The van der Waals surface area contributed by atoms with E-state index in [2.05, 4.69) is 22.0 Å². The molecule has 1 heterocycles. The molecule has 0 bridgehead atoms. The molecular weight excluding hydrogens is 320 g/mol. The molecule has 3 heteroatoms. The Morgan fingerprint density at radius 1 is 1.11 bits per heavy atom.